The molecule has 0 saturated carbocycles. The molecule has 1 aliphatic heterocycles. The quantitative estimate of drug-likeness (QED) is 0.486. The lowest BCUT2D eigenvalue weighted by Crippen LogP contribution is -2.39. The number of amides is 1. The Kier molecular flexibility index (Phi) is 5.90. The van der Waals surface area contributed by atoms with Crippen molar-refractivity contribution in [2.24, 2.45) is 0 Å². The summed E-state index contributed by atoms with van der Waals surface area (Å²) in [5, 5.41) is 0.902. The maximum Gasteiger partial charge on any atom is 0.265 e. The Labute approximate surface area is 175 Å². The van der Waals surface area contributed by atoms with Crippen molar-refractivity contribution in [2.75, 3.05) is 18.1 Å². The summed E-state index contributed by atoms with van der Waals surface area (Å²) < 4.78 is 5.67. The first-order chi connectivity index (χ1) is 14.2. The molecular weight excluding hydrogens is 382 g/mol. The van der Waals surface area contributed by atoms with Crippen molar-refractivity contribution in [2.45, 2.75) is 39.5 Å². The van der Waals surface area contributed by atoms with E-state index < -0.39 is 0 Å². The van der Waals surface area contributed by atoms with Crippen molar-refractivity contribution in [1.29, 1.82) is 0 Å². The highest BCUT2D eigenvalue weighted by Gasteiger charge is 2.26. The van der Waals surface area contributed by atoms with E-state index in [0.29, 0.717) is 0 Å². The minimum Gasteiger partial charge on any atom is -0.482 e. The number of benzene rings is 1. The molecule has 3 heterocycles. The van der Waals surface area contributed by atoms with Crippen LogP contribution in [0.4, 0.5) is 5.69 Å². The summed E-state index contributed by atoms with van der Waals surface area (Å²) in [5.41, 5.74) is 3.65. The molecule has 0 N–H and O–H groups in total. The number of pyridine rings is 1. The number of carbonyl (C=O) groups is 1. The lowest BCUT2D eigenvalue weighted by Gasteiger charge is -2.29. The molecule has 0 aliphatic carbocycles. The molecular formula is C23H25N3O2S. The van der Waals surface area contributed by atoms with E-state index in [1.807, 2.05) is 41.3 Å². The average molecular weight is 408 g/mol. The van der Waals surface area contributed by atoms with Gasteiger partial charge in [0, 0.05) is 23.2 Å². The van der Waals surface area contributed by atoms with E-state index in [1.54, 1.807) is 17.5 Å². The topological polar surface area (TPSA) is 55.3 Å². The number of fused-ring (bicyclic) bond motifs is 1. The highest BCUT2D eigenvalue weighted by molar-refractivity contribution is 7.15. The standard InChI is InChI=1S/C23H25N3O2S/c1-3-4-5-8-13-26-19-14-17(10-11-20(19)28-15-21(26)27)22-16(2)29-23(25-22)18-9-6-7-12-24-18/h6-7,9-12,14H,3-5,8,13,15H2,1-2H3. The van der Waals surface area contributed by atoms with Crippen molar-refractivity contribution < 1.29 is 9.53 Å². The summed E-state index contributed by atoms with van der Waals surface area (Å²) in [6, 6.07) is 11.9. The van der Waals surface area contributed by atoms with Crippen LogP contribution in [0.2, 0.25) is 0 Å². The van der Waals surface area contributed by atoms with Gasteiger partial charge in [-0.1, -0.05) is 32.3 Å². The highest BCUT2D eigenvalue weighted by atomic mass is 32.1. The number of aromatic nitrogens is 2. The van der Waals surface area contributed by atoms with E-state index >= 15 is 0 Å². The van der Waals surface area contributed by atoms with Gasteiger partial charge in [-0.05, 0) is 43.7 Å². The lowest BCUT2D eigenvalue weighted by atomic mass is 10.1. The van der Waals surface area contributed by atoms with Crippen LogP contribution in [0, 0.1) is 6.92 Å². The van der Waals surface area contributed by atoms with Crippen LogP contribution >= 0.6 is 11.3 Å². The smallest absolute Gasteiger partial charge is 0.265 e. The van der Waals surface area contributed by atoms with E-state index in [4.69, 9.17) is 9.72 Å². The molecule has 2 aromatic heterocycles. The summed E-state index contributed by atoms with van der Waals surface area (Å²) >= 11 is 1.63. The van der Waals surface area contributed by atoms with Gasteiger partial charge in [-0.2, -0.15) is 0 Å². The molecule has 150 valence electrons. The maximum absolute atomic E-state index is 12.5. The Bertz CT molecular complexity index is 1000. The van der Waals surface area contributed by atoms with Crippen molar-refractivity contribution in [3.8, 4) is 27.7 Å². The SMILES string of the molecule is CCCCCCN1C(=O)COc2ccc(-c3nc(-c4ccccn4)sc3C)cc21. The molecule has 29 heavy (non-hydrogen) atoms. The summed E-state index contributed by atoms with van der Waals surface area (Å²) in [5.74, 6) is 0.789. The van der Waals surface area contributed by atoms with Gasteiger partial charge in [0.1, 0.15) is 10.8 Å². The molecule has 1 aromatic carbocycles. The van der Waals surface area contributed by atoms with Crippen LogP contribution in [0.3, 0.4) is 0 Å². The van der Waals surface area contributed by atoms with Crippen LogP contribution in [-0.2, 0) is 4.79 Å². The van der Waals surface area contributed by atoms with Crippen molar-refractivity contribution in [1.82, 2.24) is 9.97 Å². The lowest BCUT2D eigenvalue weighted by molar-refractivity contribution is -0.121. The van der Waals surface area contributed by atoms with E-state index in [1.165, 1.54) is 12.8 Å². The van der Waals surface area contributed by atoms with E-state index in [0.717, 1.165) is 57.7 Å². The van der Waals surface area contributed by atoms with Crippen LogP contribution < -0.4 is 9.64 Å². The van der Waals surface area contributed by atoms with Gasteiger partial charge in [-0.15, -0.1) is 11.3 Å². The third-order valence-corrected chi connectivity index (χ3v) is 6.08. The van der Waals surface area contributed by atoms with E-state index in [9.17, 15) is 4.79 Å². The van der Waals surface area contributed by atoms with Gasteiger partial charge < -0.3 is 9.64 Å². The first kappa shape index (κ1) is 19.6. The summed E-state index contributed by atoms with van der Waals surface area (Å²) in [7, 11) is 0. The molecule has 5 nitrogen and oxygen atoms in total. The summed E-state index contributed by atoms with van der Waals surface area (Å²) in [4.78, 5) is 24.8. The number of hydrogen-bond acceptors (Lipinski definition) is 5. The molecule has 0 unspecified atom stereocenters. The van der Waals surface area contributed by atoms with Gasteiger partial charge in [0.15, 0.2) is 6.61 Å². The van der Waals surface area contributed by atoms with Crippen LogP contribution in [-0.4, -0.2) is 29.0 Å². The number of rotatable bonds is 7. The highest BCUT2D eigenvalue weighted by Crippen LogP contribution is 2.39. The summed E-state index contributed by atoms with van der Waals surface area (Å²) in [6.45, 7) is 5.10. The van der Waals surface area contributed by atoms with Crippen LogP contribution in [0.5, 0.6) is 5.75 Å². The van der Waals surface area contributed by atoms with E-state index in [-0.39, 0.29) is 12.5 Å². The predicted octanol–water partition coefficient (Wildman–Crippen LogP) is 5.49. The number of anilines is 1. The Morgan fingerprint density at radius 3 is 2.86 bits per heavy atom. The van der Waals surface area contributed by atoms with Crippen LogP contribution in [0.15, 0.2) is 42.6 Å². The van der Waals surface area contributed by atoms with Gasteiger partial charge in [0.25, 0.3) is 5.91 Å². The number of aryl methyl sites for hydroxylation is 1. The molecule has 0 spiro atoms. The summed E-state index contributed by atoms with van der Waals surface area (Å²) in [6.07, 6.45) is 6.29. The zero-order valence-electron chi connectivity index (χ0n) is 16.9. The molecule has 0 fully saturated rings. The predicted molar refractivity (Wildman–Crippen MR) is 118 cm³/mol. The first-order valence-electron chi connectivity index (χ1n) is 10.1. The molecule has 4 rings (SSSR count). The zero-order chi connectivity index (χ0) is 20.2. The monoisotopic (exact) mass is 407 g/mol. The molecule has 1 amide bonds. The van der Waals surface area contributed by atoms with Crippen molar-refractivity contribution in [3.05, 3.63) is 47.5 Å². The molecule has 1 aliphatic rings. The number of ether oxygens (including phenoxy) is 1. The number of unbranched alkanes of at least 4 members (excludes halogenated alkanes) is 3. The van der Waals surface area contributed by atoms with E-state index in [2.05, 4.69) is 18.8 Å². The number of hydrogen-bond donors (Lipinski definition) is 0. The molecule has 6 heteroatoms. The third kappa shape index (κ3) is 4.17. The minimum atomic E-state index is 0.0234. The third-order valence-electron chi connectivity index (χ3n) is 5.09. The molecule has 0 radical (unpaired) electrons. The Hall–Kier alpha value is -2.73. The second-order valence-electron chi connectivity index (χ2n) is 7.22. The fourth-order valence-corrected chi connectivity index (χ4v) is 4.47. The van der Waals surface area contributed by atoms with Gasteiger partial charge in [-0.3, -0.25) is 9.78 Å². The first-order valence-corrected chi connectivity index (χ1v) is 11.0. The second kappa shape index (κ2) is 8.74. The fraction of sp³-hybridized carbons (Fsp3) is 0.348. The number of nitrogens with zero attached hydrogens (tertiary/aromatic N) is 3. The normalized spacial score (nSPS) is 13.3. The Morgan fingerprint density at radius 1 is 1.17 bits per heavy atom. The maximum atomic E-state index is 12.5. The van der Waals surface area contributed by atoms with Crippen molar-refractivity contribution >= 4 is 22.9 Å². The zero-order valence-corrected chi connectivity index (χ0v) is 17.7. The molecule has 0 atom stereocenters. The van der Waals surface area contributed by atoms with Gasteiger partial charge >= 0.3 is 0 Å². The Balaban J connectivity index is 1.64. The van der Waals surface area contributed by atoms with Crippen LogP contribution in [0.1, 0.15) is 37.5 Å². The van der Waals surface area contributed by atoms with Gasteiger partial charge in [0.05, 0.1) is 17.1 Å². The second-order valence-corrected chi connectivity index (χ2v) is 8.42. The average Bonchev–Trinajstić information content (AvgIpc) is 3.14. The molecule has 0 bridgehead atoms. The molecule has 3 aromatic rings. The van der Waals surface area contributed by atoms with Gasteiger partial charge in [-0.25, -0.2) is 4.98 Å². The van der Waals surface area contributed by atoms with Crippen LogP contribution in [0.25, 0.3) is 22.0 Å². The number of carbonyl (C=O) groups excluding carboxylic acids is 1. The number of thiazole rings is 1. The minimum absolute atomic E-state index is 0.0234. The Morgan fingerprint density at radius 2 is 2.07 bits per heavy atom. The van der Waals surface area contributed by atoms with Gasteiger partial charge in [0.2, 0.25) is 0 Å². The van der Waals surface area contributed by atoms with Crippen molar-refractivity contribution in [3.63, 3.8) is 0 Å². The largest absolute Gasteiger partial charge is 0.482 e. The molecule has 0 saturated heterocycles. The fourth-order valence-electron chi connectivity index (χ4n) is 3.55.